The highest BCUT2D eigenvalue weighted by molar-refractivity contribution is 5.99. The first-order valence-electron chi connectivity index (χ1n) is 16.1. The maximum atomic E-state index is 12.9. The van der Waals surface area contributed by atoms with Crippen LogP contribution in [-0.2, 0) is 11.2 Å². The van der Waals surface area contributed by atoms with Gasteiger partial charge in [-0.15, -0.1) is 6.58 Å². The van der Waals surface area contributed by atoms with Gasteiger partial charge in [-0.1, -0.05) is 32.9 Å². The van der Waals surface area contributed by atoms with Gasteiger partial charge in [-0.05, 0) is 73.9 Å². The maximum absolute atomic E-state index is 12.9. The highest BCUT2D eigenvalue weighted by Gasteiger charge is 2.38. The maximum Gasteiger partial charge on any atom is 0.471 e. The number of fused-ring (bicyclic) bond motifs is 1. The molecule has 2 aromatic heterocycles. The lowest BCUT2D eigenvalue weighted by atomic mass is 9.96. The van der Waals surface area contributed by atoms with Gasteiger partial charge in [0.25, 0.3) is 5.91 Å². The summed E-state index contributed by atoms with van der Waals surface area (Å²) in [7, 11) is 0. The van der Waals surface area contributed by atoms with Crippen LogP contribution in [0, 0.1) is 5.92 Å². The Balaban J connectivity index is 0.00000245. The van der Waals surface area contributed by atoms with Crippen molar-refractivity contribution in [2.75, 3.05) is 41.7 Å². The second kappa shape index (κ2) is 16.2. The van der Waals surface area contributed by atoms with Crippen LogP contribution in [0.15, 0.2) is 55.3 Å². The number of piperidine rings is 1. The second-order valence-electron chi connectivity index (χ2n) is 11.3. The smallest absolute Gasteiger partial charge is 0.372 e. The fourth-order valence-corrected chi connectivity index (χ4v) is 5.70. The Morgan fingerprint density at radius 1 is 1.00 bits per heavy atom. The van der Waals surface area contributed by atoms with Gasteiger partial charge < -0.3 is 26.2 Å². The van der Waals surface area contributed by atoms with Gasteiger partial charge in [-0.25, -0.2) is 9.97 Å². The Morgan fingerprint density at radius 3 is 2.38 bits per heavy atom. The fourth-order valence-electron chi connectivity index (χ4n) is 5.70. The van der Waals surface area contributed by atoms with E-state index in [1.807, 2.05) is 49.5 Å². The molecule has 13 heteroatoms. The summed E-state index contributed by atoms with van der Waals surface area (Å²) in [6, 6.07) is 11.6. The molecule has 3 aromatic rings. The van der Waals surface area contributed by atoms with Crippen molar-refractivity contribution < 1.29 is 22.8 Å². The average molecular weight is 653 g/mol. The number of anilines is 5. The molecule has 1 fully saturated rings. The van der Waals surface area contributed by atoms with Crippen LogP contribution in [0.1, 0.15) is 74.0 Å². The Hall–Kier alpha value is -4.68. The number of carbonyl (C=O) groups is 2. The molecule has 1 atom stereocenters. The second-order valence-corrected chi connectivity index (χ2v) is 11.3. The summed E-state index contributed by atoms with van der Waals surface area (Å²) in [5.41, 5.74) is 4.32. The molecule has 252 valence electrons. The van der Waals surface area contributed by atoms with Crippen LogP contribution in [0.5, 0.6) is 0 Å². The average Bonchev–Trinajstić information content (AvgIpc) is 3.49. The van der Waals surface area contributed by atoms with Crippen LogP contribution in [-0.4, -0.2) is 59.1 Å². The SMILES string of the molecule is C=CCNC(=O)c1cnc(Nc2ccc(N3CCC(CNC(=O)C(F)(F)F)CC3)cc2)nc1Nc1ccc2c(n1)C(CC)CC2.CC. The molecular formula is C34H43F3N8O2. The first-order valence-corrected chi connectivity index (χ1v) is 16.1. The van der Waals surface area contributed by atoms with Crippen molar-refractivity contribution in [3.63, 3.8) is 0 Å². The summed E-state index contributed by atoms with van der Waals surface area (Å²) in [6.45, 7) is 11.5. The zero-order valence-electron chi connectivity index (χ0n) is 27.1. The van der Waals surface area contributed by atoms with Gasteiger partial charge in [0.15, 0.2) is 0 Å². The summed E-state index contributed by atoms with van der Waals surface area (Å²) in [5, 5.41) is 11.2. The van der Waals surface area contributed by atoms with Gasteiger partial charge in [-0.3, -0.25) is 9.59 Å². The van der Waals surface area contributed by atoms with E-state index in [2.05, 4.69) is 50.4 Å². The van der Waals surface area contributed by atoms with E-state index >= 15 is 0 Å². The summed E-state index contributed by atoms with van der Waals surface area (Å²) in [5.74, 6) is -0.607. The molecule has 0 radical (unpaired) electrons. The number of pyridine rings is 1. The minimum Gasteiger partial charge on any atom is -0.372 e. The lowest BCUT2D eigenvalue weighted by Gasteiger charge is -2.33. The number of nitrogens with zero attached hydrogens (tertiary/aromatic N) is 4. The van der Waals surface area contributed by atoms with Crippen LogP contribution in [0.2, 0.25) is 0 Å². The predicted octanol–water partition coefficient (Wildman–Crippen LogP) is 6.64. The van der Waals surface area contributed by atoms with Crippen LogP contribution in [0.4, 0.5) is 42.1 Å². The van der Waals surface area contributed by atoms with Crippen LogP contribution < -0.4 is 26.2 Å². The molecular weight excluding hydrogens is 609 g/mol. The van der Waals surface area contributed by atoms with Crippen LogP contribution in [0.25, 0.3) is 0 Å². The number of hydrogen-bond acceptors (Lipinski definition) is 8. The molecule has 1 aliphatic carbocycles. The Labute approximate surface area is 273 Å². The topological polar surface area (TPSA) is 124 Å². The third-order valence-electron chi connectivity index (χ3n) is 8.25. The molecule has 1 aliphatic heterocycles. The summed E-state index contributed by atoms with van der Waals surface area (Å²) >= 11 is 0. The zero-order valence-corrected chi connectivity index (χ0v) is 27.1. The molecule has 5 rings (SSSR count). The number of halogens is 3. The highest BCUT2D eigenvalue weighted by Crippen LogP contribution is 2.35. The number of nitrogens with one attached hydrogen (secondary N) is 4. The Morgan fingerprint density at radius 2 is 1.72 bits per heavy atom. The number of hydrogen-bond donors (Lipinski definition) is 4. The molecule has 1 saturated heterocycles. The third-order valence-corrected chi connectivity index (χ3v) is 8.25. The number of benzene rings is 1. The van der Waals surface area contributed by atoms with E-state index < -0.39 is 12.1 Å². The van der Waals surface area contributed by atoms with Crippen molar-refractivity contribution in [2.45, 2.75) is 65.0 Å². The normalized spacial score (nSPS) is 16.0. The Kier molecular flexibility index (Phi) is 12.2. The molecule has 47 heavy (non-hydrogen) atoms. The minimum absolute atomic E-state index is 0.00431. The van der Waals surface area contributed by atoms with Crippen molar-refractivity contribution >= 4 is 40.8 Å². The van der Waals surface area contributed by atoms with E-state index in [9.17, 15) is 22.8 Å². The highest BCUT2D eigenvalue weighted by atomic mass is 19.4. The molecule has 0 spiro atoms. The van der Waals surface area contributed by atoms with E-state index in [0.29, 0.717) is 56.0 Å². The third kappa shape index (κ3) is 9.20. The largest absolute Gasteiger partial charge is 0.471 e. The molecule has 0 bridgehead atoms. The summed E-state index contributed by atoms with van der Waals surface area (Å²) in [4.78, 5) is 40.0. The van der Waals surface area contributed by atoms with Gasteiger partial charge in [0.2, 0.25) is 5.95 Å². The molecule has 1 aromatic carbocycles. The summed E-state index contributed by atoms with van der Waals surface area (Å²) in [6.07, 6.45) is 2.66. The first kappa shape index (κ1) is 35.2. The fraction of sp³-hybridized carbons (Fsp3) is 0.441. The molecule has 2 aliphatic rings. The number of alkyl halides is 3. The lowest BCUT2D eigenvalue weighted by Crippen LogP contribution is -2.42. The van der Waals surface area contributed by atoms with Crippen LogP contribution >= 0.6 is 0 Å². The number of rotatable bonds is 11. The number of aromatic nitrogens is 3. The predicted molar refractivity (Wildman–Crippen MR) is 179 cm³/mol. The monoisotopic (exact) mass is 652 g/mol. The molecule has 4 N–H and O–H groups in total. The van der Waals surface area contributed by atoms with Crippen molar-refractivity contribution in [3.05, 3.63) is 72.1 Å². The van der Waals surface area contributed by atoms with E-state index in [1.54, 1.807) is 6.08 Å². The van der Waals surface area contributed by atoms with Gasteiger partial charge >= 0.3 is 12.1 Å². The van der Waals surface area contributed by atoms with Crippen LogP contribution in [0.3, 0.4) is 0 Å². The molecule has 3 heterocycles. The van der Waals surface area contributed by atoms with E-state index in [4.69, 9.17) is 4.98 Å². The quantitative estimate of drug-likeness (QED) is 0.170. The lowest BCUT2D eigenvalue weighted by molar-refractivity contribution is -0.173. The molecule has 1 unspecified atom stereocenters. The van der Waals surface area contributed by atoms with Crippen molar-refractivity contribution in [1.29, 1.82) is 0 Å². The van der Waals surface area contributed by atoms with E-state index in [0.717, 1.165) is 36.3 Å². The summed E-state index contributed by atoms with van der Waals surface area (Å²) < 4.78 is 37.4. The van der Waals surface area contributed by atoms with Crippen molar-refractivity contribution in [1.82, 2.24) is 25.6 Å². The molecule has 0 saturated carbocycles. The standard InChI is InChI=1S/C32H37F3N8O2.C2H6/c1-3-15-36-29(44)25-19-38-31(42-28(25)41-26-12-7-22-6-5-21(4-2)27(22)40-26)39-23-8-10-24(11-9-23)43-16-13-20(14-17-43)18-37-30(45)32(33,34)35;1-2/h3,7-12,19-21H,1,4-6,13-18H2,2H3,(H,36,44)(H,37,45)(H2,38,39,40,41,42);1-2H3. The minimum atomic E-state index is -4.86. The van der Waals surface area contributed by atoms with E-state index in [-0.39, 0.29) is 23.9 Å². The number of aryl methyl sites for hydroxylation is 1. The zero-order chi connectivity index (χ0) is 34.0. The van der Waals surface area contributed by atoms with Crippen molar-refractivity contribution in [3.8, 4) is 0 Å². The number of amides is 2. The molecule has 2 amide bonds. The van der Waals surface area contributed by atoms with Gasteiger partial charge in [0.05, 0.1) is 0 Å². The van der Waals surface area contributed by atoms with E-state index in [1.165, 1.54) is 11.8 Å². The van der Waals surface area contributed by atoms with Gasteiger partial charge in [0, 0.05) is 55.4 Å². The van der Waals surface area contributed by atoms with Gasteiger partial charge in [0.1, 0.15) is 17.2 Å². The Bertz CT molecular complexity index is 1520. The van der Waals surface area contributed by atoms with Crippen molar-refractivity contribution in [2.24, 2.45) is 5.92 Å². The molecule has 10 nitrogen and oxygen atoms in total. The first-order chi connectivity index (χ1) is 22.6. The number of carbonyl (C=O) groups excluding carboxylic acids is 2. The van der Waals surface area contributed by atoms with Gasteiger partial charge in [-0.2, -0.15) is 18.2 Å².